The van der Waals surface area contributed by atoms with Gasteiger partial charge in [-0.3, -0.25) is 14.5 Å². The lowest BCUT2D eigenvalue weighted by atomic mass is 10.1. The lowest BCUT2D eigenvalue weighted by molar-refractivity contribution is -0.114. The predicted octanol–water partition coefficient (Wildman–Crippen LogP) is 3.52. The highest BCUT2D eigenvalue weighted by atomic mass is 16.2. The number of hydrogen-bond donors (Lipinski definition) is 0. The fourth-order valence-electron chi connectivity index (χ4n) is 3.27. The van der Waals surface area contributed by atoms with Crippen LogP contribution < -0.4 is 4.90 Å². The maximum absolute atomic E-state index is 12.2. The second kappa shape index (κ2) is 8.08. The van der Waals surface area contributed by atoms with Gasteiger partial charge in [-0.15, -0.1) is 0 Å². The number of nitrogens with zero attached hydrogens (tertiary/aromatic N) is 2. The first-order valence-electron chi connectivity index (χ1n) is 8.92. The summed E-state index contributed by atoms with van der Waals surface area (Å²) in [6.07, 6.45) is 1.89. The second-order valence-electron chi connectivity index (χ2n) is 6.36. The third-order valence-electron chi connectivity index (χ3n) is 4.68. The van der Waals surface area contributed by atoms with Gasteiger partial charge in [-0.1, -0.05) is 49.4 Å². The van der Waals surface area contributed by atoms with Crippen LogP contribution >= 0.6 is 0 Å². The summed E-state index contributed by atoms with van der Waals surface area (Å²) in [5, 5.41) is 0. The van der Waals surface area contributed by atoms with E-state index in [0.717, 1.165) is 38.2 Å². The molecular weight excluding hydrogens is 312 g/mol. The van der Waals surface area contributed by atoms with Gasteiger partial charge in [0.15, 0.2) is 0 Å². The monoisotopic (exact) mass is 336 g/mol. The van der Waals surface area contributed by atoms with Crippen LogP contribution in [0, 0.1) is 0 Å². The smallest absolute Gasteiger partial charge is 0.299 e. The molecule has 0 spiro atoms. The van der Waals surface area contributed by atoms with Crippen LogP contribution in [0.4, 0.5) is 5.69 Å². The van der Waals surface area contributed by atoms with E-state index < -0.39 is 5.91 Å². The van der Waals surface area contributed by atoms with Crippen LogP contribution in [0.25, 0.3) is 0 Å². The molecule has 0 saturated heterocycles. The van der Waals surface area contributed by atoms with Crippen molar-refractivity contribution in [1.82, 2.24) is 4.90 Å². The van der Waals surface area contributed by atoms with Crippen LogP contribution in [0.5, 0.6) is 0 Å². The Morgan fingerprint density at radius 2 is 1.64 bits per heavy atom. The number of fused-ring (bicyclic) bond motifs is 1. The molecule has 1 heterocycles. The normalized spacial score (nSPS) is 13.6. The summed E-state index contributed by atoms with van der Waals surface area (Å²) >= 11 is 0. The van der Waals surface area contributed by atoms with Gasteiger partial charge < -0.3 is 4.90 Å². The molecule has 0 fully saturated rings. The number of ketones is 1. The van der Waals surface area contributed by atoms with E-state index in [1.807, 2.05) is 18.2 Å². The molecule has 3 rings (SSSR count). The molecule has 0 radical (unpaired) electrons. The Bertz CT molecular complexity index is 743. The van der Waals surface area contributed by atoms with Gasteiger partial charge >= 0.3 is 0 Å². The first kappa shape index (κ1) is 17.4. The molecular formula is C21H24N2O2. The van der Waals surface area contributed by atoms with E-state index in [1.165, 1.54) is 5.56 Å². The molecule has 25 heavy (non-hydrogen) atoms. The molecule has 0 unspecified atom stereocenters. The van der Waals surface area contributed by atoms with E-state index in [-0.39, 0.29) is 5.78 Å². The van der Waals surface area contributed by atoms with Gasteiger partial charge in [-0.25, -0.2) is 0 Å². The zero-order valence-electron chi connectivity index (χ0n) is 14.6. The molecule has 4 heteroatoms. The predicted molar refractivity (Wildman–Crippen MR) is 99.8 cm³/mol. The fourth-order valence-corrected chi connectivity index (χ4v) is 3.27. The summed E-state index contributed by atoms with van der Waals surface area (Å²) < 4.78 is 0. The Labute approximate surface area is 149 Å². The maximum Gasteiger partial charge on any atom is 0.299 e. The highest BCUT2D eigenvalue weighted by Gasteiger charge is 2.34. The number of benzene rings is 2. The summed E-state index contributed by atoms with van der Waals surface area (Å²) in [5.74, 6) is -0.771. The molecule has 1 aliphatic rings. The molecule has 1 aliphatic heterocycles. The zero-order chi connectivity index (χ0) is 17.6. The number of para-hydroxylation sites is 1. The molecule has 2 aromatic rings. The van der Waals surface area contributed by atoms with E-state index >= 15 is 0 Å². The van der Waals surface area contributed by atoms with Crippen LogP contribution in [0.2, 0.25) is 0 Å². The summed E-state index contributed by atoms with van der Waals surface area (Å²) in [7, 11) is 0. The van der Waals surface area contributed by atoms with Crippen molar-refractivity contribution in [2.75, 3.05) is 24.5 Å². The van der Waals surface area contributed by atoms with Crippen molar-refractivity contribution in [1.29, 1.82) is 0 Å². The molecule has 0 aliphatic carbocycles. The van der Waals surface area contributed by atoms with Gasteiger partial charge in [-0.05, 0) is 43.6 Å². The summed E-state index contributed by atoms with van der Waals surface area (Å²) in [4.78, 5) is 28.2. The van der Waals surface area contributed by atoms with Gasteiger partial charge in [0.1, 0.15) is 0 Å². The maximum atomic E-state index is 12.2. The number of amides is 1. The van der Waals surface area contributed by atoms with Crippen LogP contribution in [0.3, 0.4) is 0 Å². The molecule has 2 aromatic carbocycles. The molecule has 0 bridgehead atoms. The quantitative estimate of drug-likeness (QED) is 0.547. The number of carbonyl (C=O) groups is 2. The molecule has 0 atom stereocenters. The minimum atomic E-state index is -0.391. The lowest BCUT2D eigenvalue weighted by Gasteiger charge is -2.21. The average molecular weight is 336 g/mol. The standard InChI is InChI=1S/C21H24N2O2/c1-2-22(16-17-10-4-3-5-11-17)14-8-9-15-23-19-13-7-6-12-18(19)20(24)21(23)25/h3-7,10-13H,2,8-9,14-16H2,1H3. The number of rotatable bonds is 8. The first-order valence-corrected chi connectivity index (χ1v) is 8.92. The van der Waals surface area contributed by atoms with Gasteiger partial charge in [0.25, 0.3) is 11.7 Å². The Morgan fingerprint density at radius 1 is 0.920 bits per heavy atom. The number of anilines is 1. The first-order chi connectivity index (χ1) is 12.2. The van der Waals surface area contributed by atoms with Crippen molar-refractivity contribution >= 4 is 17.4 Å². The third-order valence-corrected chi connectivity index (χ3v) is 4.68. The van der Waals surface area contributed by atoms with Crippen molar-refractivity contribution in [2.45, 2.75) is 26.3 Å². The van der Waals surface area contributed by atoms with Gasteiger partial charge in [0.2, 0.25) is 0 Å². The fraction of sp³-hybridized carbons (Fsp3) is 0.333. The molecule has 130 valence electrons. The second-order valence-corrected chi connectivity index (χ2v) is 6.36. The van der Waals surface area contributed by atoms with Crippen molar-refractivity contribution in [3.8, 4) is 0 Å². The van der Waals surface area contributed by atoms with Crippen molar-refractivity contribution < 1.29 is 9.59 Å². The van der Waals surface area contributed by atoms with E-state index in [9.17, 15) is 9.59 Å². The molecule has 0 aromatic heterocycles. The Morgan fingerprint density at radius 3 is 2.40 bits per heavy atom. The Balaban J connectivity index is 1.50. The van der Waals surface area contributed by atoms with Crippen molar-refractivity contribution in [2.24, 2.45) is 0 Å². The van der Waals surface area contributed by atoms with Crippen LogP contribution in [0.1, 0.15) is 35.7 Å². The minimum absolute atomic E-state index is 0.380. The highest BCUT2D eigenvalue weighted by Crippen LogP contribution is 2.28. The van der Waals surface area contributed by atoms with Crippen LogP contribution in [-0.2, 0) is 11.3 Å². The number of carbonyl (C=O) groups excluding carboxylic acids is 2. The number of Topliss-reactive ketones (excluding diaryl/α,β-unsaturated/α-hetero) is 1. The van der Waals surface area contributed by atoms with E-state index in [4.69, 9.17) is 0 Å². The topological polar surface area (TPSA) is 40.6 Å². The number of hydrogen-bond acceptors (Lipinski definition) is 3. The summed E-state index contributed by atoms with van der Waals surface area (Å²) in [6.45, 7) is 5.70. The van der Waals surface area contributed by atoms with Crippen LogP contribution in [-0.4, -0.2) is 36.2 Å². The highest BCUT2D eigenvalue weighted by molar-refractivity contribution is 6.52. The van der Waals surface area contributed by atoms with Crippen LogP contribution in [0.15, 0.2) is 54.6 Å². The molecule has 0 saturated carbocycles. The van der Waals surface area contributed by atoms with Gasteiger partial charge in [0, 0.05) is 13.1 Å². The molecule has 0 N–H and O–H groups in total. The largest absolute Gasteiger partial charge is 0.305 e. The Kier molecular flexibility index (Phi) is 5.61. The minimum Gasteiger partial charge on any atom is -0.305 e. The summed E-state index contributed by atoms with van der Waals surface area (Å²) in [5.41, 5.74) is 2.61. The van der Waals surface area contributed by atoms with Gasteiger partial charge in [-0.2, -0.15) is 0 Å². The van der Waals surface area contributed by atoms with Crippen molar-refractivity contribution in [3.05, 3.63) is 65.7 Å². The molecule has 4 nitrogen and oxygen atoms in total. The third kappa shape index (κ3) is 3.97. The average Bonchev–Trinajstić information content (AvgIpc) is 2.90. The Hall–Kier alpha value is -2.46. The van der Waals surface area contributed by atoms with E-state index in [0.29, 0.717) is 12.1 Å². The van der Waals surface area contributed by atoms with Gasteiger partial charge in [0.05, 0.1) is 11.3 Å². The summed E-state index contributed by atoms with van der Waals surface area (Å²) in [6, 6.07) is 17.7. The SMILES string of the molecule is CCN(CCCCN1C(=O)C(=O)c2ccccc21)Cc1ccccc1. The van der Waals surface area contributed by atoms with E-state index in [1.54, 1.807) is 17.0 Å². The molecule has 1 amide bonds. The van der Waals surface area contributed by atoms with Crippen molar-refractivity contribution in [3.63, 3.8) is 0 Å². The van der Waals surface area contributed by atoms with E-state index in [2.05, 4.69) is 36.1 Å². The number of unbranched alkanes of at least 4 members (excludes halogenated alkanes) is 1. The zero-order valence-corrected chi connectivity index (χ0v) is 14.6. The lowest BCUT2D eigenvalue weighted by Crippen LogP contribution is -2.31.